The highest BCUT2D eigenvalue weighted by molar-refractivity contribution is 7.89. The Labute approximate surface area is 155 Å². The molecule has 0 bridgehead atoms. The topological polar surface area (TPSA) is 97.5 Å². The lowest BCUT2D eigenvalue weighted by atomic mass is 9.81. The van der Waals surface area contributed by atoms with E-state index in [1.165, 1.54) is 4.31 Å². The highest BCUT2D eigenvalue weighted by Crippen LogP contribution is 2.37. The van der Waals surface area contributed by atoms with Crippen molar-refractivity contribution in [2.45, 2.75) is 57.8 Å². The Bertz CT molecular complexity index is 821. The van der Waals surface area contributed by atoms with Crippen molar-refractivity contribution < 1.29 is 17.7 Å². The maximum absolute atomic E-state index is 12.0. The second-order valence-electron chi connectivity index (χ2n) is 8.03. The van der Waals surface area contributed by atoms with E-state index in [9.17, 15) is 13.7 Å². The number of nitriles is 1. The van der Waals surface area contributed by atoms with Gasteiger partial charge in [-0.1, -0.05) is 0 Å². The minimum atomic E-state index is -3.27. The molecule has 1 aromatic rings. The molecule has 1 aromatic heterocycles. The maximum Gasteiger partial charge on any atom is 0.498 e. The van der Waals surface area contributed by atoms with Crippen LogP contribution in [0.4, 0.5) is 0 Å². The van der Waals surface area contributed by atoms with Crippen LogP contribution in [-0.4, -0.2) is 59.7 Å². The predicted octanol–water partition coefficient (Wildman–Crippen LogP) is 0.457. The lowest BCUT2D eigenvalue weighted by Crippen LogP contribution is -2.64. The molecule has 2 fully saturated rings. The minimum absolute atomic E-state index is 0.0495. The van der Waals surface area contributed by atoms with Crippen LogP contribution < -0.4 is 5.46 Å². The molecule has 142 valence electrons. The van der Waals surface area contributed by atoms with E-state index in [2.05, 4.69) is 11.2 Å². The zero-order valence-electron chi connectivity index (χ0n) is 15.9. The van der Waals surface area contributed by atoms with Crippen LogP contribution in [0.5, 0.6) is 0 Å². The van der Waals surface area contributed by atoms with Crippen molar-refractivity contribution >= 4 is 22.6 Å². The molecular weight excluding hydrogens is 355 g/mol. The molecular formula is C16H25BN4O4S. The summed E-state index contributed by atoms with van der Waals surface area (Å²) in [6.07, 6.45) is 3.65. The van der Waals surface area contributed by atoms with Crippen molar-refractivity contribution in [1.82, 2.24) is 14.1 Å². The SMILES string of the molecule is CCS(=O)(=O)N1CC(CC#N)(n2cc(B3OC(C)(C)C(C)(C)O3)cn2)C1. The van der Waals surface area contributed by atoms with Gasteiger partial charge in [-0.25, -0.2) is 8.42 Å². The highest BCUT2D eigenvalue weighted by Gasteiger charge is 2.53. The molecule has 0 aliphatic carbocycles. The van der Waals surface area contributed by atoms with E-state index in [1.54, 1.807) is 24.0 Å². The Kier molecular flexibility index (Phi) is 4.51. The third-order valence-electron chi connectivity index (χ3n) is 5.72. The molecule has 0 saturated carbocycles. The van der Waals surface area contributed by atoms with Gasteiger partial charge in [0, 0.05) is 30.9 Å². The van der Waals surface area contributed by atoms with Crippen molar-refractivity contribution in [3.8, 4) is 6.07 Å². The van der Waals surface area contributed by atoms with Gasteiger partial charge in [0.15, 0.2) is 0 Å². The fourth-order valence-electron chi connectivity index (χ4n) is 3.17. The fourth-order valence-corrected chi connectivity index (χ4v) is 4.41. The van der Waals surface area contributed by atoms with E-state index in [4.69, 9.17) is 9.31 Å². The van der Waals surface area contributed by atoms with Gasteiger partial charge in [0.05, 0.1) is 29.4 Å². The number of sulfonamides is 1. The van der Waals surface area contributed by atoms with Crippen LogP contribution in [0.1, 0.15) is 41.0 Å². The molecule has 10 heteroatoms. The largest absolute Gasteiger partial charge is 0.498 e. The molecule has 0 atom stereocenters. The Morgan fingerprint density at radius 3 is 2.35 bits per heavy atom. The minimum Gasteiger partial charge on any atom is -0.399 e. The number of aromatic nitrogens is 2. The second-order valence-corrected chi connectivity index (χ2v) is 10.3. The van der Waals surface area contributed by atoms with Gasteiger partial charge in [-0.3, -0.25) is 4.68 Å². The molecule has 0 unspecified atom stereocenters. The molecule has 0 N–H and O–H groups in total. The van der Waals surface area contributed by atoms with Crippen LogP contribution in [0.25, 0.3) is 0 Å². The van der Waals surface area contributed by atoms with Gasteiger partial charge in [0.25, 0.3) is 0 Å². The summed E-state index contributed by atoms with van der Waals surface area (Å²) >= 11 is 0. The Hall–Kier alpha value is -1.41. The molecule has 0 aromatic carbocycles. The summed E-state index contributed by atoms with van der Waals surface area (Å²) in [5, 5.41) is 13.6. The molecule has 2 aliphatic heterocycles. The van der Waals surface area contributed by atoms with Gasteiger partial charge in [-0.05, 0) is 34.6 Å². The number of hydrogen-bond acceptors (Lipinski definition) is 6. The normalized spacial score (nSPS) is 24.2. The summed E-state index contributed by atoms with van der Waals surface area (Å²) in [6, 6.07) is 2.16. The third-order valence-corrected chi connectivity index (χ3v) is 7.50. The lowest BCUT2D eigenvalue weighted by molar-refractivity contribution is 0.00578. The first-order valence-electron chi connectivity index (χ1n) is 8.72. The standard InChI is InChI=1S/C16H25BN4O4S/c1-6-26(22,23)20-11-16(12-20,7-8-18)21-10-13(9-19-21)17-24-14(2,3)15(4,5)25-17/h9-10H,6-7,11-12H2,1-5H3. The van der Waals surface area contributed by atoms with Crippen molar-refractivity contribution in [3.63, 3.8) is 0 Å². The first kappa shape index (κ1) is 19.4. The van der Waals surface area contributed by atoms with Gasteiger partial charge in [-0.15, -0.1) is 0 Å². The maximum atomic E-state index is 12.0. The molecule has 3 rings (SSSR count). The zero-order valence-corrected chi connectivity index (χ0v) is 16.7. The fraction of sp³-hybridized carbons (Fsp3) is 0.750. The molecule has 0 radical (unpaired) electrons. The van der Waals surface area contributed by atoms with Gasteiger partial charge in [0.1, 0.15) is 5.54 Å². The summed E-state index contributed by atoms with van der Waals surface area (Å²) in [5.41, 5.74) is -0.782. The third kappa shape index (κ3) is 2.97. The second kappa shape index (κ2) is 6.06. The van der Waals surface area contributed by atoms with Crippen LogP contribution in [-0.2, 0) is 24.9 Å². The van der Waals surface area contributed by atoms with Gasteiger partial charge in [0.2, 0.25) is 10.0 Å². The lowest BCUT2D eigenvalue weighted by Gasteiger charge is -2.47. The van der Waals surface area contributed by atoms with E-state index in [1.807, 2.05) is 27.7 Å². The molecule has 26 heavy (non-hydrogen) atoms. The Morgan fingerprint density at radius 2 is 1.85 bits per heavy atom. The molecule has 2 aliphatic rings. The molecule has 8 nitrogen and oxygen atoms in total. The van der Waals surface area contributed by atoms with Crippen molar-refractivity contribution in [1.29, 1.82) is 5.26 Å². The number of nitrogens with zero attached hydrogens (tertiary/aromatic N) is 4. The Balaban J connectivity index is 1.82. The molecule has 2 saturated heterocycles. The van der Waals surface area contributed by atoms with Gasteiger partial charge >= 0.3 is 7.12 Å². The first-order valence-corrected chi connectivity index (χ1v) is 10.3. The van der Waals surface area contributed by atoms with E-state index >= 15 is 0 Å². The number of rotatable bonds is 5. The van der Waals surface area contributed by atoms with Crippen LogP contribution >= 0.6 is 0 Å². The van der Waals surface area contributed by atoms with Crippen molar-refractivity contribution in [2.75, 3.05) is 18.8 Å². The van der Waals surface area contributed by atoms with Crippen molar-refractivity contribution in [3.05, 3.63) is 12.4 Å². The molecule has 0 spiro atoms. The number of hydrogen-bond donors (Lipinski definition) is 0. The molecule has 0 amide bonds. The van der Waals surface area contributed by atoms with Crippen molar-refractivity contribution in [2.24, 2.45) is 0 Å². The summed E-state index contributed by atoms with van der Waals surface area (Å²) in [4.78, 5) is 0. The van der Waals surface area contributed by atoms with Crippen LogP contribution in [0.2, 0.25) is 0 Å². The first-order chi connectivity index (χ1) is 12.0. The monoisotopic (exact) mass is 380 g/mol. The summed E-state index contributed by atoms with van der Waals surface area (Å²) < 4.78 is 39.2. The average Bonchev–Trinajstić information content (AvgIpc) is 3.06. The molecule has 3 heterocycles. The van der Waals surface area contributed by atoms with Crippen LogP contribution in [0.3, 0.4) is 0 Å². The van der Waals surface area contributed by atoms with Crippen LogP contribution in [0.15, 0.2) is 12.4 Å². The quantitative estimate of drug-likeness (QED) is 0.689. The summed E-state index contributed by atoms with van der Waals surface area (Å²) in [6.45, 7) is 10.0. The van der Waals surface area contributed by atoms with E-state index < -0.39 is 33.9 Å². The Morgan fingerprint density at radius 1 is 1.27 bits per heavy atom. The van der Waals surface area contributed by atoms with E-state index in [0.717, 1.165) is 5.46 Å². The van der Waals surface area contributed by atoms with Gasteiger partial charge in [-0.2, -0.15) is 14.7 Å². The average molecular weight is 380 g/mol. The summed E-state index contributed by atoms with van der Waals surface area (Å²) in [5.74, 6) is 0.0495. The smallest absolute Gasteiger partial charge is 0.399 e. The highest BCUT2D eigenvalue weighted by atomic mass is 32.2. The van der Waals surface area contributed by atoms with Crippen LogP contribution in [0, 0.1) is 11.3 Å². The van der Waals surface area contributed by atoms with E-state index in [-0.39, 0.29) is 25.3 Å². The zero-order chi connectivity index (χ0) is 19.4. The summed E-state index contributed by atoms with van der Waals surface area (Å²) in [7, 11) is -3.80. The van der Waals surface area contributed by atoms with E-state index in [0.29, 0.717) is 0 Å². The van der Waals surface area contributed by atoms with Gasteiger partial charge < -0.3 is 9.31 Å². The predicted molar refractivity (Wildman–Crippen MR) is 97.2 cm³/mol.